The van der Waals surface area contributed by atoms with Gasteiger partial charge in [0.15, 0.2) is 0 Å². The summed E-state index contributed by atoms with van der Waals surface area (Å²) in [6.07, 6.45) is 0.904. The highest BCUT2D eigenvalue weighted by Crippen LogP contribution is 2.28. The smallest absolute Gasteiger partial charge is 0.243 e. The number of carbonyl (C=O) groups is 1. The van der Waals surface area contributed by atoms with Crippen LogP contribution < -0.4 is 16.0 Å². The first-order chi connectivity index (χ1) is 7.31. The molecule has 1 aromatic carbocycles. The molecule has 1 aliphatic heterocycles. The summed E-state index contributed by atoms with van der Waals surface area (Å²) in [7, 11) is 0. The molecule has 0 unspecified atom stereocenters. The second kappa shape index (κ2) is 4.31. The van der Waals surface area contributed by atoms with E-state index in [9.17, 15) is 4.79 Å². The van der Waals surface area contributed by atoms with Crippen LogP contribution in [0.1, 0.15) is 6.42 Å². The van der Waals surface area contributed by atoms with Crippen molar-refractivity contribution in [1.29, 1.82) is 0 Å². The fourth-order valence-electron chi connectivity index (χ4n) is 1.79. The van der Waals surface area contributed by atoms with Crippen molar-refractivity contribution in [3.8, 4) is 0 Å². The zero-order valence-corrected chi connectivity index (χ0v) is 8.57. The Morgan fingerprint density at radius 3 is 3.00 bits per heavy atom. The molecule has 3 N–H and O–H groups in total. The Balaban J connectivity index is 2.22. The largest absolute Gasteiger partial charge is 0.360 e. The van der Waals surface area contributed by atoms with Gasteiger partial charge in [-0.05, 0) is 25.1 Å². The first-order valence-corrected chi connectivity index (χ1v) is 5.15. The van der Waals surface area contributed by atoms with Gasteiger partial charge in [0.05, 0.1) is 17.9 Å². The highest BCUT2D eigenvalue weighted by molar-refractivity contribution is 6.01. The predicted octanol–water partition coefficient (Wildman–Crippen LogP) is 0.794. The molecule has 0 atom stereocenters. The number of fused-ring (bicyclic) bond motifs is 1. The summed E-state index contributed by atoms with van der Waals surface area (Å²) in [4.78, 5) is 13.5. The van der Waals surface area contributed by atoms with Gasteiger partial charge in [0.2, 0.25) is 5.91 Å². The van der Waals surface area contributed by atoms with E-state index in [0.29, 0.717) is 13.1 Å². The molecule has 15 heavy (non-hydrogen) atoms. The molecule has 4 nitrogen and oxygen atoms in total. The average molecular weight is 205 g/mol. The van der Waals surface area contributed by atoms with E-state index in [1.165, 1.54) is 0 Å². The minimum atomic E-state index is 0.0470. The molecule has 2 rings (SSSR count). The number of nitrogens with one attached hydrogen (secondary N) is 1. The van der Waals surface area contributed by atoms with Crippen molar-refractivity contribution in [3.63, 3.8) is 0 Å². The highest BCUT2D eigenvalue weighted by Gasteiger charge is 2.20. The van der Waals surface area contributed by atoms with Crippen molar-refractivity contribution in [1.82, 2.24) is 0 Å². The lowest BCUT2D eigenvalue weighted by atomic mass is 10.2. The molecule has 4 heteroatoms. The lowest BCUT2D eigenvalue weighted by molar-refractivity contribution is -0.115. The topological polar surface area (TPSA) is 58.4 Å². The van der Waals surface area contributed by atoms with Gasteiger partial charge in [0.25, 0.3) is 0 Å². The van der Waals surface area contributed by atoms with E-state index in [-0.39, 0.29) is 5.91 Å². The zero-order valence-electron chi connectivity index (χ0n) is 8.57. The lowest BCUT2D eigenvalue weighted by Crippen LogP contribution is -2.39. The fraction of sp³-hybridized carbons (Fsp3) is 0.364. The Bertz CT molecular complexity index is 365. The molecule has 0 aromatic heterocycles. The van der Waals surface area contributed by atoms with Crippen molar-refractivity contribution >= 4 is 17.3 Å². The number of rotatable bonds is 3. The summed E-state index contributed by atoms with van der Waals surface area (Å²) in [6, 6.07) is 7.84. The highest BCUT2D eigenvalue weighted by atomic mass is 16.2. The molecular formula is C11H15N3O. The number of nitrogens with two attached hydrogens (primary N) is 1. The molecule has 1 aliphatic rings. The van der Waals surface area contributed by atoms with E-state index in [2.05, 4.69) is 10.2 Å². The molecule has 0 bridgehead atoms. The minimum absolute atomic E-state index is 0.0470. The van der Waals surface area contributed by atoms with Crippen LogP contribution in [0.3, 0.4) is 0 Å². The number of nitrogens with zero attached hydrogens (tertiary/aromatic N) is 1. The molecule has 0 radical (unpaired) electrons. The summed E-state index contributed by atoms with van der Waals surface area (Å²) in [5.74, 6) is 0.0470. The summed E-state index contributed by atoms with van der Waals surface area (Å²) >= 11 is 0. The van der Waals surface area contributed by atoms with E-state index in [1.807, 2.05) is 24.3 Å². The molecule has 0 saturated carbocycles. The number of benzene rings is 1. The maximum atomic E-state index is 11.4. The van der Waals surface area contributed by atoms with Gasteiger partial charge in [-0.2, -0.15) is 0 Å². The third kappa shape index (κ3) is 2.10. The second-order valence-electron chi connectivity index (χ2n) is 3.63. The normalized spacial score (nSPS) is 14.7. The van der Waals surface area contributed by atoms with Gasteiger partial charge in [-0.25, -0.2) is 0 Å². The average Bonchev–Trinajstić information content (AvgIpc) is 2.25. The van der Waals surface area contributed by atoms with E-state index in [0.717, 1.165) is 24.3 Å². The predicted molar refractivity (Wildman–Crippen MR) is 61.0 cm³/mol. The van der Waals surface area contributed by atoms with Gasteiger partial charge in [-0.3, -0.25) is 4.79 Å². The number of para-hydroxylation sites is 2. The molecule has 1 heterocycles. The van der Waals surface area contributed by atoms with Gasteiger partial charge in [0.1, 0.15) is 0 Å². The SMILES string of the molecule is NCCCN1CC(=O)Nc2ccccc21. The van der Waals surface area contributed by atoms with Crippen LogP contribution in [0, 0.1) is 0 Å². The van der Waals surface area contributed by atoms with Gasteiger partial charge < -0.3 is 16.0 Å². The summed E-state index contributed by atoms with van der Waals surface area (Å²) < 4.78 is 0. The van der Waals surface area contributed by atoms with Gasteiger partial charge in [-0.1, -0.05) is 12.1 Å². The van der Waals surface area contributed by atoms with Crippen molar-refractivity contribution in [3.05, 3.63) is 24.3 Å². The second-order valence-corrected chi connectivity index (χ2v) is 3.63. The van der Waals surface area contributed by atoms with E-state index < -0.39 is 0 Å². The number of hydrogen-bond donors (Lipinski definition) is 2. The third-order valence-electron chi connectivity index (χ3n) is 2.49. The molecule has 80 valence electrons. The van der Waals surface area contributed by atoms with E-state index in [1.54, 1.807) is 0 Å². The molecule has 0 saturated heterocycles. The van der Waals surface area contributed by atoms with Crippen molar-refractivity contribution in [2.24, 2.45) is 5.73 Å². The first kappa shape index (κ1) is 9.98. The van der Waals surface area contributed by atoms with Crippen LogP contribution in [0.5, 0.6) is 0 Å². The molecule has 0 aliphatic carbocycles. The van der Waals surface area contributed by atoms with Crippen molar-refractivity contribution in [2.75, 3.05) is 29.9 Å². The maximum Gasteiger partial charge on any atom is 0.243 e. The lowest BCUT2D eigenvalue weighted by Gasteiger charge is -2.30. The number of carbonyl (C=O) groups excluding carboxylic acids is 1. The molecule has 1 amide bonds. The third-order valence-corrected chi connectivity index (χ3v) is 2.49. The van der Waals surface area contributed by atoms with Crippen molar-refractivity contribution in [2.45, 2.75) is 6.42 Å². The van der Waals surface area contributed by atoms with Crippen LogP contribution >= 0.6 is 0 Å². The van der Waals surface area contributed by atoms with Crippen LogP contribution in [0.25, 0.3) is 0 Å². The number of anilines is 2. The van der Waals surface area contributed by atoms with Gasteiger partial charge in [0, 0.05) is 6.54 Å². The summed E-state index contributed by atoms with van der Waals surface area (Å²) in [5.41, 5.74) is 7.46. The molecule has 0 fully saturated rings. The Kier molecular flexibility index (Phi) is 2.87. The Morgan fingerprint density at radius 2 is 2.20 bits per heavy atom. The van der Waals surface area contributed by atoms with Crippen LogP contribution in [0.4, 0.5) is 11.4 Å². The van der Waals surface area contributed by atoms with E-state index in [4.69, 9.17) is 5.73 Å². The quantitative estimate of drug-likeness (QED) is 0.767. The summed E-state index contributed by atoms with van der Waals surface area (Å²) in [6.45, 7) is 1.91. The van der Waals surface area contributed by atoms with Crippen molar-refractivity contribution < 1.29 is 4.79 Å². The fourth-order valence-corrected chi connectivity index (χ4v) is 1.79. The van der Waals surface area contributed by atoms with Crippen LogP contribution in [-0.4, -0.2) is 25.5 Å². The number of hydrogen-bond acceptors (Lipinski definition) is 3. The van der Waals surface area contributed by atoms with Crippen LogP contribution in [-0.2, 0) is 4.79 Å². The Morgan fingerprint density at radius 1 is 1.40 bits per heavy atom. The summed E-state index contributed by atoms with van der Waals surface area (Å²) in [5, 5.41) is 2.85. The maximum absolute atomic E-state index is 11.4. The molecular weight excluding hydrogens is 190 g/mol. The standard InChI is InChI=1S/C11H15N3O/c12-6-3-7-14-8-11(15)13-9-4-1-2-5-10(9)14/h1-2,4-5H,3,6-8,12H2,(H,13,15). The zero-order chi connectivity index (χ0) is 10.7. The first-order valence-electron chi connectivity index (χ1n) is 5.15. The van der Waals surface area contributed by atoms with Gasteiger partial charge in [-0.15, -0.1) is 0 Å². The van der Waals surface area contributed by atoms with E-state index >= 15 is 0 Å². The molecule has 0 spiro atoms. The molecule has 1 aromatic rings. The monoisotopic (exact) mass is 205 g/mol. The minimum Gasteiger partial charge on any atom is -0.360 e. The number of amides is 1. The van der Waals surface area contributed by atoms with Gasteiger partial charge >= 0.3 is 0 Å². The Hall–Kier alpha value is -1.55. The van der Waals surface area contributed by atoms with Crippen LogP contribution in [0.2, 0.25) is 0 Å². The Labute approximate surface area is 89.1 Å². The van der Waals surface area contributed by atoms with Crippen LogP contribution in [0.15, 0.2) is 24.3 Å².